The van der Waals surface area contributed by atoms with E-state index < -0.39 is 0 Å². The van der Waals surface area contributed by atoms with E-state index in [2.05, 4.69) is 0 Å². The Morgan fingerprint density at radius 1 is 1.20 bits per heavy atom. The maximum atomic E-state index is 12.1. The molecule has 0 unspecified atom stereocenters. The molecule has 1 aromatic carbocycles. The predicted molar refractivity (Wildman–Crippen MR) is 79.6 cm³/mol. The zero-order chi connectivity index (χ0) is 14.4. The van der Waals surface area contributed by atoms with E-state index in [1.54, 1.807) is 0 Å². The van der Waals surface area contributed by atoms with Crippen molar-refractivity contribution in [1.82, 2.24) is 4.90 Å². The minimum atomic E-state index is 0.0165. The number of carbonyl (C=O) groups excluding carboxylic acids is 1. The number of carbonyl (C=O) groups is 1. The van der Waals surface area contributed by atoms with Gasteiger partial charge >= 0.3 is 0 Å². The third-order valence-corrected chi connectivity index (χ3v) is 3.73. The molecule has 0 radical (unpaired) electrons. The van der Waals surface area contributed by atoms with Crippen molar-refractivity contribution in [3.63, 3.8) is 0 Å². The summed E-state index contributed by atoms with van der Waals surface area (Å²) in [6.07, 6.45) is 4.66. The first kappa shape index (κ1) is 14.9. The van der Waals surface area contributed by atoms with Gasteiger partial charge in [-0.15, -0.1) is 0 Å². The number of hydrogen-bond acceptors (Lipinski definition) is 3. The summed E-state index contributed by atoms with van der Waals surface area (Å²) < 4.78 is 5.56. The fraction of sp³-hybridized carbons (Fsp3) is 0.562. The molecular weight excluding hydrogens is 252 g/mol. The van der Waals surface area contributed by atoms with Gasteiger partial charge in [0.05, 0.1) is 0 Å². The van der Waals surface area contributed by atoms with Crippen molar-refractivity contribution >= 4 is 5.91 Å². The molecule has 0 bridgehead atoms. The Bertz CT molecular complexity index is 421. The lowest BCUT2D eigenvalue weighted by Gasteiger charge is -2.20. The van der Waals surface area contributed by atoms with Crippen LogP contribution in [0.1, 0.15) is 44.2 Å². The van der Waals surface area contributed by atoms with Crippen molar-refractivity contribution in [2.45, 2.75) is 38.6 Å². The van der Waals surface area contributed by atoms with Gasteiger partial charge in [-0.3, -0.25) is 4.79 Å². The molecule has 0 aromatic heterocycles. The van der Waals surface area contributed by atoms with Crippen molar-refractivity contribution in [3.05, 3.63) is 29.8 Å². The lowest BCUT2D eigenvalue weighted by molar-refractivity contribution is -0.133. The molecule has 0 aliphatic carbocycles. The molecule has 1 aliphatic rings. The SMILES string of the molecule is C[C@H](N)c1ccc(OCC(=O)N2CCCCCC2)cc1. The lowest BCUT2D eigenvalue weighted by Crippen LogP contribution is -2.35. The predicted octanol–water partition coefficient (Wildman–Crippen LogP) is 2.49. The highest BCUT2D eigenvalue weighted by molar-refractivity contribution is 5.77. The van der Waals surface area contributed by atoms with Gasteiger partial charge in [-0.05, 0) is 37.5 Å². The van der Waals surface area contributed by atoms with E-state index in [-0.39, 0.29) is 18.6 Å². The highest BCUT2D eigenvalue weighted by Crippen LogP contribution is 2.16. The van der Waals surface area contributed by atoms with Crippen LogP contribution in [0, 0.1) is 0 Å². The van der Waals surface area contributed by atoms with Gasteiger partial charge < -0.3 is 15.4 Å². The van der Waals surface area contributed by atoms with Gasteiger partial charge in [-0.2, -0.15) is 0 Å². The van der Waals surface area contributed by atoms with Crippen LogP contribution in [0.3, 0.4) is 0 Å². The molecule has 2 rings (SSSR count). The van der Waals surface area contributed by atoms with Gasteiger partial charge in [0, 0.05) is 19.1 Å². The van der Waals surface area contributed by atoms with Crippen molar-refractivity contribution in [3.8, 4) is 5.75 Å². The molecule has 20 heavy (non-hydrogen) atoms. The average molecular weight is 276 g/mol. The Hall–Kier alpha value is -1.55. The van der Waals surface area contributed by atoms with Gasteiger partial charge in [0.15, 0.2) is 6.61 Å². The summed E-state index contributed by atoms with van der Waals surface area (Å²) in [6.45, 7) is 3.80. The molecular formula is C16H24N2O2. The first-order valence-electron chi connectivity index (χ1n) is 7.43. The minimum Gasteiger partial charge on any atom is -0.484 e. The molecule has 4 nitrogen and oxygen atoms in total. The van der Waals surface area contributed by atoms with Crippen molar-refractivity contribution < 1.29 is 9.53 Å². The van der Waals surface area contributed by atoms with E-state index in [4.69, 9.17) is 10.5 Å². The van der Waals surface area contributed by atoms with Gasteiger partial charge in [0.25, 0.3) is 5.91 Å². The van der Waals surface area contributed by atoms with Crippen LogP contribution in [0.25, 0.3) is 0 Å². The molecule has 0 saturated carbocycles. The summed E-state index contributed by atoms with van der Waals surface area (Å²) in [5, 5.41) is 0. The summed E-state index contributed by atoms with van der Waals surface area (Å²) in [7, 11) is 0. The van der Waals surface area contributed by atoms with Crippen LogP contribution in [-0.2, 0) is 4.79 Å². The van der Waals surface area contributed by atoms with Crippen LogP contribution in [-0.4, -0.2) is 30.5 Å². The zero-order valence-electron chi connectivity index (χ0n) is 12.2. The summed E-state index contributed by atoms with van der Waals surface area (Å²) in [4.78, 5) is 14.0. The third-order valence-electron chi connectivity index (χ3n) is 3.73. The number of benzene rings is 1. The van der Waals surface area contributed by atoms with E-state index in [9.17, 15) is 4.79 Å². The number of nitrogens with two attached hydrogens (primary N) is 1. The Morgan fingerprint density at radius 2 is 1.80 bits per heavy atom. The molecule has 1 fully saturated rings. The molecule has 1 aliphatic heterocycles. The largest absolute Gasteiger partial charge is 0.484 e. The van der Waals surface area contributed by atoms with Crippen LogP contribution < -0.4 is 10.5 Å². The number of nitrogens with zero attached hydrogens (tertiary/aromatic N) is 1. The molecule has 110 valence electrons. The van der Waals surface area contributed by atoms with Crippen molar-refractivity contribution in [2.75, 3.05) is 19.7 Å². The van der Waals surface area contributed by atoms with Crippen molar-refractivity contribution in [1.29, 1.82) is 0 Å². The Kier molecular flexibility index (Phi) is 5.41. The Balaban J connectivity index is 1.83. The maximum absolute atomic E-state index is 12.1. The van der Waals surface area contributed by atoms with Gasteiger partial charge in [0.2, 0.25) is 0 Å². The fourth-order valence-corrected chi connectivity index (χ4v) is 2.42. The number of likely N-dealkylation sites (tertiary alicyclic amines) is 1. The summed E-state index contributed by atoms with van der Waals surface area (Å²) >= 11 is 0. The normalized spacial score (nSPS) is 17.4. The highest BCUT2D eigenvalue weighted by atomic mass is 16.5. The fourth-order valence-electron chi connectivity index (χ4n) is 2.42. The summed E-state index contributed by atoms with van der Waals surface area (Å²) in [6, 6.07) is 7.64. The monoisotopic (exact) mass is 276 g/mol. The lowest BCUT2D eigenvalue weighted by atomic mass is 10.1. The van der Waals surface area contributed by atoms with Gasteiger partial charge in [0.1, 0.15) is 5.75 Å². The summed E-state index contributed by atoms with van der Waals surface area (Å²) in [5.41, 5.74) is 6.86. The van der Waals surface area contributed by atoms with Crippen molar-refractivity contribution in [2.24, 2.45) is 5.73 Å². The molecule has 1 aromatic rings. The van der Waals surface area contributed by atoms with Crippen LogP contribution in [0.2, 0.25) is 0 Å². The Morgan fingerprint density at radius 3 is 2.35 bits per heavy atom. The molecule has 4 heteroatoms. The molecule has 2 N–H and O–H groups in total. The van der Waals surface area contributed by atoms with E-state index in [1.807, 2.05) is 36.1 Å². The topological polar surface area (TPSA) is 55.6 Å². The van der Waals surface area contributed by atoms with Gasteiger partial charge in [-0.25, -0.2) is 0 Å². The third kappa shape index (κ3) is 4.23. The van der Waals surface area contributed by atoms with Crippen LogP contribution >= 0.6 is 0 Å². The second kappa shape index (κ2) is 7.29. The molecule has 1 atom stereocenters. The molecule has 1 heterocycles. The first-order chi connectivity index (χ1) is 9.66. The zero-order valence-corrected chi connectivity index (χ0v) is 12.2. The quantitative estimate of drug-likeness (QED) is 0.919. The van der Waals surface area contributed by atoms with E-state index in [0.29, 0.717) is 0 Å². The average Bonchev–Trinajstić information content (AvgIpc) is 2.74. The minimum absolute atomic E-state index is 0.0165. The Labute approximate surface area is 120 Å². The number of amides is 1. The highest BCUT2D eigenvalue weighted by Gasteiger charge is 2.15. The smallest absolute Gasteiger partial charge is 0.260 e. The van der Waals surface area contributed by atoms with E-state index in [0.717, 1.165) is 37.2 Å². The van der Waals surface area contributed by atoms with Crippen LogP contribution in [0.4, 0.5) is 0 Å². The molecule has 1 saturated heterocycles. The van der Waals surface area contributed by atoms with Crippen LogP contribution in [0.15, 0.2) is 24.3 Å². The van der Waals surface area contributed by atoms with E-state index in [1.165, 1.54) is 12.8 Å². The second-order valence-corrected chi connectivity index (χ2v) is 5.44. The number of hydrogen-bond donors (Lipinski definition) is 1. The van der Waals surface area contributed by atoms with E-state index >= 15 is 0 Å². The number of ether oxygens (including phenoxy) is 1. The summed E-state index contributed by atoms with van der Waals surface area (Å²) in [5.74, 6) is 0.806. The second-order valence-electron chi connectivity index (χ2n) is 5.44. The molecule has 1 amide bonds. The van der Waals surface area contributed by atoms with Gasteiger partial charge in [-0.1, -0.05) is 25.0 Å². The molecule has 0 spiro atoms. The first-order valence-corrected chi connectivity index (χ1v) is 7.43. The standard InChI is InChI=1S/C16H24N2O2/c1-13(17)14-6-8-15(9-7-14)20-12-16(19)18-10-4-2-3-5-11-18/h6-9,13H,2-5,10-12,17H2,1H3/t13-/m0/s1. The maximum Gasteiger partial charge on any atom is 0.260 e. The van der Waals surface area contributed by atoms with Crippen LogP contribution in [0.5, 0.6) is 5.75 Å². The number of rotatable bonds is 4.